The zero-order valence-corrected chi connectivity index (χ0v) is 23.1. The van der Waals surface area contributed by atoms with E-state index in [-0.39, 0.29) is 27.7 Å². The Morgan fingerprint density at radius 2 is 1.00 bits per heavy atom. The van der Waals surface area contributed by atoms with Gasteiger partial charge in [0.15, 0.2) is 0 Å². The predicted molar refractivity (Wildman–Crippen MR) is 104 cm³/mol. The Morgan fingerprint density at radius 1 is 0.600 bits per heavy atom. The summed E-state index contributed by atoms with van der Waals surface area (Å²) in [7, 11) is 0. The topological polar surface area (TPSA) is 25.8 Å². The van der Waals surface area contributed by atoms with Crippen LogP contribution in [0.1, 0.15) is 11.4 Å². The van der Waals surface area contributed by atoms with Crippen molar-refractivity contribution >= 4 is 62.8 Å². The van der Waals surface area contributed by atoms with E-state index >= 15 is 0 Å². The molecule has 0 saturated carbocycles. The van der Waals surface area contributed by atoms with Crippen molar-refractivity contribution in [1.82, 2.24) is 9.97 Å². The molecule has 2 aromatic heterocycles. The molecular formula is C20H16HgN2Se2. The zero-order chi connectivity index (χ0) is 17.1. The summed E-state index contributed by atoms with van der Waals surface area (Å²) < 4.78 is 2.24. The van der Waals surface area contributed by atoms with E-state index in [4.69, 9.17) is 0 Å². The molecule has 0 aliphatic heterocycles. The Labute approximate surface area is 185 Å². The third-order valence-electron chi connectivity index (χ3n) is 3.64. The van der Waals surface area contributed by atoms with E-state index in [2.05, 4.69) is 66.3 Å². The first kappa shape index (κ1) is 20.5. The molecule has 0 bridgehead atoms. The minimum Gasteiger partial charge on any atom is 0 e. The molecule has 0 spiro atoms. The normalized spacial score (nSPS) is 10.0. The van der Waals surface area contributed by atoms with Gasteiger partial charge < -0.3 is 0 Å². The third-order valence-corrected chi connectivity index (χ3v) is 5.03. The summed E-state index contributed by atoms with van der Waals surface area (Å²) >= 11 is 6.02. The largest absolute Gasteiger partial charge is 0 e. The van der Waals surface area contributed by atoms with Crippen molar-refractivity contribution in [1.29, 1.82) is 0 Å². The molecule has 120 valence electrons. The van der Waals surface area contributed by atoms with E-state index in [0.29, 0.717) is 0 Å². The number of fused-ring (bicyclic) bond motifs is 2. The van der Waals surface area contributed by atoms with Crippen LogP contribution in [0.3, 0.4) is 0 Å². The number of rotatable bonds is 0. The summed E-state index contributed by atoms with van der Waals surface area (Å²) in [4.78, 5) is 8.89. The molecule has 2 aromatic carbocycles. The molecule has 0 unspecified atom stereocenters. The van der Waals surface area contributed by atoms with Gasteiger partial charge in [0.05, 0.1) is 0 Å². The van der Waals surface area contributed by atoms with Crippen LogP contribution in [0, 0.1) is 13.8 Å². The standard InChI is InChI=1S/2C10H8NSe.Hg/c2*1-7-5-6-8-3-2-4-9(12)10(8)11-7;/h2*2-6H,1H3;. The van der Waals surface area contributed by atoms with Crippen molar-refractivity contribution in [3.63, 3.8) is 0 Å². The van der Waals surface area contributed by atoms with E-state index in [1.165, 1.54) is 10.8 Å². The summed E-state index contributed by atoms with van der Waals surface area (Å²) in [6.07, 6.45) is 0. The summed E-state index contributed by atoms with van der Waals surface area (Å²) in [6.45, 7) is 4.01. The van der Waals surface area contributed by atoms with Gasteiger partial charge in [-0.1, -0.05) is 0 Å². The molecular weight excluding hydrogens is 627 g/mol. The maximum Gasteiger partial charge on any atom is 0 e. The van der Waals surface area contributed by atoms with Gasteiger partial charge in [0.25, 0.3) is 0 Å². The van der Waals surface area contributed by atoms with Crippen molar-refractivity contribution in [2.45, 2.75) is 13.8 Å². The quantitative estimate of drug-likeness (QED) is 0.276. The number of para-hydroxylation sites is 2. The third kappa shape index (κ3) is 5.12. The monoisotopic (exact) mass is 646 g/mol. The SMILES string of the molecule is Cc1ccc2cccc([Se])c2n1.Cc1ccc2cccc([Se])c2n1.[Hg]. The Kier molecular flexibility index (Phi) is 7.60. The molecule has 0 amide bonds. The van der Waals surface area contributed by atoms with E-state index in [0.717, 1.165) is 31.3 Å². The van der Waals surface area contributed by atoms with Crippen LogP contribution in [0.4, 0.5) is 0 Å². The van der Waals surface area contributed by atoms with Crippen LogP contribution < -0.4 is 8.92 Å². The number of hydrogen-bond acceptors (Lipinski definition) is 2. The van der Waals surface area contributed by atoms with Crippen molar-refractivity contribution in [2.75, 3.05) is 0 Å². The van der Waals surface area contributed by atoms with Crippen molar-refractivity contribution < 1.29 is 27.7 Å². The maximum absolute atomic E-state index is 4.44. The van der Waals surface area contributed by atoms with Gasteiger partial charge in [-0.2, -0.15) is 0 Å². The minimum atomic E-state index is 0. The maximum atomic E-state index is 4.44. The van der Waals surface area contributed by atoms with Gasteiger partial charge in [-0.05, 0) is 0 Å². The van der Waals surface area contributed by atoms with Crippen LogP contribution in [-0.4, -0.2) is 42.0 Å². The van der Waals surface area contributed by atoms with Crippen molar-refractivity contribution in [3.05, 3.63) is 72.1 Å². The van der Waals surface area contributed by atoms with Gasteiger partial charge in [0, 0.05) is 27.7 Å². The second kappa shape index (κ2) is 9.25. The molecule has 0 aliphatic rings. The van der Waals surface area contributed by atoms with Gasteiger partial charge in [-0.15, -0.1) is 0 Å². The average molecular weight is 643 g/mol. The van der Waals surface area contributed by atoms with E-state index in [1.807, 2.05) is 50.2 Å². The summed E-state index contributed by atoms with van der Waals surface area (Å²) in [5.41, 5.74) is 4.26. The number of aryl methyl sites for hydroxylation is 2. The molecule has 2 nitrogen and oxygen atoms in total. The Bertz CT molecular complexity index is 936. The van der Waals surface area contributed by atoms with Gasteiger partial charge in [0.1, 0.15) is 0 Å². The average Bonchev–Trinajstić information content (AvgIpc) is 2.57. The van der Waals surface area contributed by atoms with Crippen LogP contribution in [-0.2, 0) is 27.7 Å². The van der Waals surface area contributed by atoms with Gasteiger partial charge in [0.2, 0.25) is 0 Å². The molecule has 0 atom stereocenters. The van der Waals surface area contributed by atoms with Crippen LogP contribution in [0.2, 0.25) is 0 Å². The molecule has 2 radical (unpaired) electrons. The fourth-order valence-electron chi connectivity index (χ4n) is 2.43. The number of benzene rings is 2. The summed E-state index contributed by atoms with van der Waals surface area (Å²) in [5, 5.41) is 2.38. The first-order valence-corrected chi connectivity index (χ1v) is 9.33. The molecule has 0 aliphatic carbocycles. The van der Waals surface area contributed by atoms with Gasteiger partial charge in [-0.3, -0.25) is 0 Å². The van der Waals surface area contributed by atoms with Gasteiger partial charge in [-0.25, -0.2) is 0 Å². The molecule has 25 heavy (non-hydrogen) atoms. The number of pyridine rings is 2. The molecule has 0 N–H and O–H groups in total. The van der Waals surface area contributed by atoms with Crippen LogP contribution >= 0.6 is 0 Å². The molecule has 4 aromatic rings. The van der Waals surface area contributed by atoms with E-state index in [1.54, 1.807) is 0 Å². The Balaban J connectivity index is 0.000000173. The van der Waals surface area contributed by atoms with Crippen LogP contribution in [0.15, 0.2) is 60.7 Å². The predicted octanol–water partition coefficient (Wildman–Crippen LogP) is 2.67. The molecule has 0 saturated heterocycles. The van der Waals surface area contributed by atoms with Crippen LogP contribution in [0.25, 0.3) is 21.8 Å². The Morgan fingerprint density at radius 3 is 1.40 bits per heavy atom. The van der Waals surface area contributed by atoms with Crippen LogP contribution in [0.5, 0.6) is 0 Å². The van der Waals surface area contributed by atoms with Gasteiger partial charge >= 0.3 is 159 Å². The summed E-state index contributed by atoms with van der Waals surface area (Å²) in [6, 6.07) is 20.5. The first-order chi connectivity index (χ1) is 11.5. The number of nitrogens with zero attached hydrogens (tertiary/aromatic N) is 2. The first-order valence-electron chi connectivity index (χ1n) is 7.61. The summed E-state index contributed by atoms with van der Waals surface area (Å²) in [5.74, 6) is 0. The fraction of sp³-hybridized carbons (Fsp3) is 0.100. The minimum absolute atomic E-state index is 0. The molecule has 2 heterocycles. The van der Waals surface area contributed by atoms with E-state index in [9.17, 15) is 0 Å². The second-order valence-electron chi connectivity index (χ2n) is 5.56. The number of aromatic nitrogens is 2. The fourth-order valence-corrected chi connectivity index (χ4v) is 3.45. The van der Waals surface area contributed by atoms with Crippen molar-refractivity contribution in [3.8, 4) is 0 Å². The van der Waals surface area contributed by atoms with Crippen molar-refractivity contribution in [2.24, 2.45) is 0 Å². The molecule has 0 fully saturated rings. The smallest absolute Gasteiger partial charge is 0 e. The molecule has 4 rings (SSSR count). The Hall–Kier alpha value is -0.766. The zero-order valence-electron chi connectivity index (χ0n) is 14.2. The number of hydrogen-bond donors (Lipinski definition) is 0. The van der Waals surface area contributed by atoms with E-state index < -0.39 is 0 Å². The molecule has 5 heteroatoms. The second-order valence-corrected chi connectivity index (χ2v) is 7.41.